The van der Waals surface area contributed by atoms with Crippen LogP contribution in [0, 0.1) is 5.92 Å². The van der Waals surface area contributed by atoms with E-state index in [4.69, 9.17) is 5.11 Å². The second-order valence-corrected chi connectivity index (χ2v) is 3.81. The molecule has 1 aromatic heterocycles. The third-order valence-electron chi connectivity index (χ3n) is 2.45. The van der Waals surface area contributed by atoms with Crippen molar-refractivity contribution in [2.75, 3.05) is 0 Å². The van der Waals surface area contributed by atoms with Gasteiger partial charge in [-0.05, 0) is 18.8 Å². The van der Waals surface area contributed by atoms with E-state index >= 15 is 0 Å². The minimum Gasteiger partial charge on any atom is -0.480 e. The molecule has 2 rings (SSSR count). The van der Waals surface area contributed by atoms with Crippen molar-refractivity contribution in [1.82, 2.24) is 20.1 Å². The van der Waals surface area contributed by atoms with Gasteiger partial charge in [0.05, 0.1) is 0 Å². The number of carbonyl (C=O) groups is 2. The largest absolute Gasteiger partial charge is 0.480 e. The van der Waals surface area contributed by atoms with Gasteiger partial charge < -0.3 is 10.4 Å². The summed E-state index contributed by atoms with van der Waals surface area (Å²) < 4.78 is 1.35. The summed E-state index contributed by atoms with van der Waals surface area (Å²) in [4.78, 5) is 26.1. The normalized spacial score (nSPS) is 16.8. The van der Waals surface area contributed by atoms with Gasteiger partial charge in [-0.1, -0.05) is 0 Å². The predicted molar refractivity (Wildman–Crippen MR) is 52.3 cm³/mol. The van der Waals surface area contributed by atoms with Crippen LogP contribution in [0.2, 0.25) is 0 Å². The summed E-state index contributed by atoms with van der Waals surface area (Å²) in [5.41, 5.74) is 0. The lowest BCUT2D eigenvalue weighted by molar-refractivity contribution is -0.142. The fourth-order valence-corrected chi connectivity index (χ4v) is 1.49. The molecule has 1 amide bonds. The monoisotopic (exact) mass is 224 g/mol. The highest BCUT2D eigenvalue weighted by Crippen LogP contribution is 2.32. The molecule has 1 saturated carbocycles. The molecule has 7 nitrogen and oxygen atoms in total. The molecule has 1 fully saturated rings. The smallest absolute Gasteiger partial charge is 0.326 e. The van der Waals surface area contributed by atoms with Crippen LogP contribution in [0.25, 0.3) is 0 Å². The maximum Gasteiger partial charge on any atom is 0.326 e. The van der Waals surface area contributed by atoms with Crippen molar-refractivity contribution in [3.05, 3.63) is 12.7 Å². The number of hydrogen-bond donors (Lipinski definition) is 2. The predicted octanol–water partition coefficient (Wildman–Crippen LogP) is -0.742. The molecule has 16 heavy (non-hydrogen) atoms. The SMILES string of the molecule is O=C(Cn1cncn1)NC(C(=O)O)C1CC1. The summed E-state index contributed by atoms with van der Waals surface area (Å²) >= 11 is 0. The molecule has 0 saturated heterocycles. The van der Waals surface area contributed by atoms with Gasteiger partial charge in [0.1, 0.15) is 25.2 Å². The summed E-state index contributed by atoms with van der Waals surface area (Å²) in [5.74, 6) is -1.25. The average molecular weight is 224 g/mol. The number of hydrogen-bond acceptors (Lipinski definition) is 4. The maximum absolute atomic E-state index is 11.5. The molecule has 1 heterocycles. The van der Waals surface area contributed by atoms with E-state index in [9.17, 15) is 9.59 Å². The van der Waals surface area contributed by atoms with E-state index in [2.05, 4.69) is 15.4 Å². The number of carboxylic acids is 1. The fraction of sp³-hybridized carbons (Fsp3) is 0.556. The van der Waals surface area contributed by atoms with Crippen molar-refractivity contribution in [3.63, 3.8) is 0 Å². The van der Waals surface area contributed by atoms with Crippen LogP contribution in [0.15, 0.2) is 12.7 Å². The molecule has 0 bridgehead atoms. The van der Waals surface area contributed by atoms with Crippen LogP contribution in [-0.4, -0.2) is 37.8 Å². The van der Waals surface area contributed by atoms with E-state index in [1.54, 1.807) is 0 Å². The molecule has 0 aromatic carbocycles. The standard InChI is InChI=1S/C9H12N4O3/c14-7(3-13-5-10-4-11-13)12-8(9(15)16)6-1-2-6/h4-6,8H,1-3H2,(H,12,14)(H,15,16). The maximum atomic E-state index is 11.5. The molecule has 1 aliphatic rings. The van der Waals surface area contributed by atoms with Gasteiger partial charge in [0, 0.05) is 0 Å². The van der Waals surface area contributed by atoms with Gasteiger partial charge >= 0.3 is 5.97 Å². The Labute approximate surface area is 91.5 Å². The summed E-state index contributed by atoms with van der Waals surface area (Å²) in [6.07, 6.45) is 4.45. The zero-order chi connectivity index (χ0) is 11.5. The fourth-order valence-electron chi connectivity index (χ4n) is 1.49. The number of aromatic nitrogens is 3. The molecule has 0 aliphatic heterocycles. The lowest BCUT2D eigenvalue weighted by atomic mass is 10.2. The van der Waals surface area contributed by atoms with E-state index in [0.29, 0.717) is 0 Å². The topological polar surface area (TPSA) is 97.1 Å². The Morgan fingerprint density at radius 1 is 1.56 bits per heavy atom. The second-order valence-electron chi connectivity index (χ2n) is 3.81. The van der Waals surface area contributed by atoms with Crippen molar-refractivity contribution < 1.29 is 14.7 Å². The molecular formula is C9H12N4O3. The summed E-state index contributed by atoms with van der Waals surface area (Å²) in [6.45, 7) is -0.00347. The number of amides is 1. The number of nitrogens with one attached hydrogen (secondary N) is 1. The van der Waals surface area contributed by atoms with Crippen molar-refractivity contribution >= 4 is 11.9 Å². The summed E-state index contributed by atoms with van der Waals surface area (Å²) in [7, 11) is 0. The Bertz CT molecular complexity index is 385. The summed E-state index contributed by atoms with van der Waals surface area (Å²) in [5, 5.41) is 15.2. The molecule has 1 aliphatic carbocycles. The van der Waals surface area contributed by atoms with Crippen molar-refractivity contribution in [3.8, 4) is 0 Å². The molecule has 1 unspecified atom stereocenters. The Balaban J connectivity index is 1.88. The van der Waals surface area contributed by atoms with E-state index in [0.717, 1.165) is 12.8 Å². The first-order valence-electron chi connectivity index (χ1n) is 5.01. The van der Waals surface area contributed by atoms with Gasteiger partial charge in [0.2, 0.25) is 5.91 Å². The van der Waals surface area contributed by atoms with E-state index < -0.39 is 12.0 Å². The van der Waals surface area contributed by atoms with Gasteiger partial charge in [0.15, 0.2) is 0 Å². The quantitative estimate of drug-likeness (QED) is 0.686. The Morgan fingerprint density at radius 2 is 2.31 bits per heavy atom. The molecule has 0 radical (unpaired) electrons. The number of carboxylic acid groups (broad SMARTS) is 1. The lowest BCUT2D eigenvalue weighted by Gasteiger charge is -2.13. The molecule has 1 aromatic rings. The third-order valence-corrected chi connectivity index (χ3v) is 2.45. The number of rotatable bonds is 5. The number of carbonyl (C=O) groups excluding carboxylic acids is 1. The molecule has 1 atom stereocenters. The third kappa shape index (κ3) is 2.56. The number of aliphatic carboxylic acids is 1. The van der Waals surface area contributed by atoms with Gasteiger partial charge in [-0.15, -0.1) is 0 Å². The van der Waals surface area contributed by atoms with E-state index in [-0.39, 0.29) is 18.4 Å². The summed E-state index contributed by atoms with van der Waals surface area (Å²) in [6, 6.07) is -0.768. The van der Waals surface area contributed by atoms with E-state index in [1.165, 1.54) is 17.3 Å². The highest BCUT2D eigenvalue weighted by Gasteiger charge is 2.37. The Kier molecular flexibility index (Phi) is 2.84. The van der Waals surface area contributed by atoms with Crippen LogP contribution in [0.4, 0.5) is 0 Å². The van der Waals surface area contributed by atoms with Crippen LogP contribution >= 0.6 is 0 Å². The van der Waals surface area contributed by atoms with Crippen LogP contribution in [0.3, 0.4) is 0 Å². The first-order chi connectivity index (χ1) is 7.66. The lowest BCUT2D eigenvalue weighted by Crippen LogP contribution is -2.43. The first-order valence-corrected chi connectivity index (χ1v) is 5.01. The van der Waals surface area contributed by atoms with Crippen LogP contribution in [0.5, 0.6) is 0 Å². The van der Waals surface area contributed by atoms with Crippen LogP contribution in [-0.2, 0) is 16.1 Å². The van der Waals surface area contributed by atoms with Crippen LogP contribution < -0.4 is 5.32 Å². The Hall–Kier alpha value is -1.92. The molecule has 2 N–H and O–H groups in total. The molecule has 7 heteroatoms. The van der Waals surface area contributed by atoms with E-state index in [1.807, 2.05) is 0 Å². The van der Waals surface area contributed by atoms with Crippen molar-refractivity contribution in [2.24, 2.45) is 5.92 Å². The zero-order valence-electron chi connectivity index (χ0n) is 8.54. The van der Waals surface area contributed by atoms with Crippen LogP contribution in [0.1, 0.15) is 12.8 Å². The van der Waals surface area contributed by atoms with Gasteiger partial charge in [-0.2, -0.15) is 5.10 Å². The molecule has 86 valence electrons. The molecular weight excluding hydrogens is 212 g/mol. The highest BCUT2D eigenvalue weighted by atomic mass is 16.4. The van der Waals surface area contributed by atoms with Crippen molar-refractivity contribution in [2.45, 2.75) is 25.4 Å². The average Bonchev–Trinajstić information content (AvgIpc) is 2.94. The number of nitrogens with zero attached hydrogens (tertiary/aromatic N) is 3. The second kappa shape index (κ2) is 4.30. The van der Waals surface area contributed by atoms with Crippen molar-refractivity contribution in [1.29, 1.82) is 0 Å². The minimum atomic E-state index is -0.977. The first kappa shape index (κ1) is 10.6. The zero-order valence-corrected chi connectivity index (χ0v) is 8.54. The Morgan fingerprint density at radius 3 is 2.81 bits per heavy atom. The van der Waals surface area contributed by atoms with Gasteiger partial charge in [-0.3, -0.25) is 4.79 Å². The minimum absolute atomic E-state index is 0.00347. The molecule has 0 spiro atoms. The van der Waals surface area contributed by atoms with Gasteiger partial charge in [0.25, 0.3) is 0 Å². The highest BCUT2D eigenvalue weighted by molar-refractivity contribution is 5.83. The van der Waals surface area contributed by atoms with Gasteiger partial charge in [-0.25, -0.2) is 14.5 Å².